The van der Waals surface area contributed by atoms with Gasteiger partial charge in [-0.1, -0.05) is 0 Å². The lowest BCUT2D eigenvalue weighted by Gasteiger charge is -1.99. The van der Waals surface area contributed by atoms with Crippen molar-refractivity contribution in [2.45, 2.75) is 0 Å². The predicted molar refractivity (Wildman–Crippen MR) is 92.2 cm³/mol. The second-order valence-electron chi connectivity index (χ2n) is 3.70. The molecule has 0 aliphatic rings. The molecule has 92 valence electrons. The van der Waals surface area contributed by atoms with Crippen LogP contribution in [0.2, 0.25) is 0 Å². The maximum atomic E-state index is 5.97. The van der Waals surface area contributed by atoms with Crippen molar-refractivity contribution in [3.05, 3.63) is 40.6 Å². The number of hydrogen-bond donors (Lipinski definition) is 0. The van der Waals surface area contributed by atoms with Crippen molar-refractivity contribution in [2.24, 2.45) is 0 Å². The number of hydrogen-bond acceptors (Lipinski definition) is 1. The van der Waals surface area contributed by atoms with Gasteiger partial charge in [-0.25, -0.2) is 0 Å². The molecular formula is C12H3Br5O. The van der Waals surface area contributed by atoms with Crippen molar-refractivity contribution in [1.82, 2.24) is 0 Å². The summed E-state index contributed by atoms with van der Waals surface area (Å²) >= 11 is 17.7. The smallest absolute Gasteiger partial charge is 0.151 e. The number of halogens is 5. The highest BCUT2D eigenvalue weighted by Crippen LogP contribution is 2.44. The molecule has 0 unspecified atom stereocenters. The van der Waals surface area contributed by atoms with Crippen LogP contribution in [-0.2, 0) is 0 Å². The number of furan rings is 1. The van der Waals surface area contributed by atoms with E-state index in [1.54, 1.807) is 0 Å². The molecule has 0 radical (unpaired) electrons. The summed E-state index contributed by atoms with van der Waals surface area (Å²) in [5.74, 6) is 0. The van der Waals surface area contributed by atoms with E-state index in [4.69, 9.17) is 4.42 Å². The van der Waals surface area contributed by atoms with E-state index in [0.717, 1.165) is 44.3 Å². The first-order chi connectivity index (χ1) is 8.50. The molecule has 0 saturated carbocycles. The third-order valence-electron chi connectivity index (χ3n) is 2.65. The van der Waals surface area contributed by atoms with Crippen molar-refractivity contribution < 1.29 is 4.42 Å². The highest BCUT2D eigenvalue weighted by Gasteiger charge is 2.18. The summed E-state index contributed by atoms with van der Waals surface area (Å²) in [5, 5.41) is 2.13. The van der Waals surface area contributed by atoms with Crippen molar-refractivity contribution >= 4 is 102 Å². The Kier molecular flexibility index (Phi) is 3.69. The molecule has 0 spiro atoms. The fourth-order valence-corrected chi connectivity index (χ4v) is 4.32. The van der Waals surface area contributed by atoms with E-state index in [1.807, 2.05) is 18.2 Å². The van der Waals surface area contributed by atoms with E-state index in [9.17, 15) is 0 Å². The molecule has 0 amide bonds. The van der Waals surface area contributed by atoms with Gasteiger partial charge in [0.15, 0.2) is 11.2 Å². The van der Waals surface area contributed by atoms with Crippen LogP contribution in [0.5, 0.6) is 0 Å². The Hall–Kier alpha value is 0.640. The SMILES string of the molecule is Brc1ccc2c(oc3c(Br)c(Br)cc(Br)c32)c1Br. The van der Waals surface area contributed by atoms with Crippen LogP contribution >= 0.6 is 79.6 Å². The van der Waals surface area contributed by atoms with Gasteiger partial charge in [0.25, 0.3) is 0 Å². The summed E-state index contributed by atoms with van der Waals surface area (Å²) in [6.07, 6.45) is 0. The van der Waals surface area contributed by atoms with Crippen LogP contribution in [0.3, 0.4) is 0 Å². The molecule has 0 fully saturated rings. The van der Waals surface area contributed by atoms with Crippen LogP contribution in [0.4, 0.5) is 0 Å². The molecule has 3 aromatic rings. The minimum Gasteiger partial charge on any atom is -0.454 e. The maximum Gasteiger partial charge on any atom is 0.151 e. The zero-order chi connectivity index (χ0) is 13.0. The molecule has 0 N–H and O–H groups in total. The maximum absolute atomic E-state index is 5.97. The summed E-state index contributed by atoms with van der Waals surface area (Å²) in [7, 11) is 0. The Morgan fingerprint density at radius 1 is 0.722 bits per heavy atom. The third-order valence-corrected chi connectivity index (χ3v) is 7.20. The average Bonchev–Trinajstić information content (AvgIpc) is 2.72. The molecule has 18 heavy (non-hydrogen) atoms. The van der Waals surface area contributed by atoms with Crippen LogP contribution in [0.15, 0.2) is 45.0 Å². The first kappa shape index (κ1) is 13.6. The molecule has 0 aliphatic carbocycles. The zero-order valence-corrected chi connectivity index (χ0v) is 16.5. The van der Waals surface area contributed by atoms with E-state index < -0.39 is 0 Å². The van der Waals surface area contributed by atoms with Gasteiger partial charge < -0.3 is 4.42 Å². The van der Waals surface area contributed by atoms with Crippen LogP contribution in [-0.4, -0.2) is 0 Å². The van der Waals surface area contributed by atoms with Gasteiger partial charge >= 0.3 is 0 Å². The highest BCUT2D eigenvalue weighted by atomic mass is 79.9. The molecule has 0 saturated heterocycles. The van der Waals surface area contributed by atoms with E-state index in [2.05, 4.69) is 79.6 Å². The fraction of sp³-hybridized carbons (Fsp3) is 0. The summed E-state index contributed by atoms with van der Waals surface area (Å²) in [5.41, 5.74) is 1.66. The van der Waals surface area contributed by atoms with Crippen molar-refractivity contribution in [1.29, 1.82) is 0 Å². The Morgan fingerprint density at radius 2 is 1.39 bits per heavy atom. The predicted octanol–water partition coefficient (Wildman–Crippen LogP) is 7.40. The summed E-state index contributed by atoms with van der Waals surface area (Å²) in [4.78, 5) is 0. The van der Waals surface area contributed by atoms with E-state index in [0.29, 0.717) is 0 Å². The summed E-state index contributed by atoms with van der Waals surface area (Å²) in [6, 6.07) is 6.06. The van der Waals surface area contributed by atoms with Crippen LogP contribution in [0, 0.1) is 0 Å². The van der Waals surface area contributed by atoms with Crippen molar-refractivity contribution in [3.63, 3.8) is 0 Å². The van der Waals surface area contributed by atoms with E-state index in [-0.39, 0.29) is 0 Å². The van der Waals surface area contributed by atoms with Gasteiger partial charge in [-0.05, 0) is 97.8 Å². The summed E-state index contributed by atoms with van der Waals surface area (Å²) < 4.78 is 10.7. The minimum atomic E-state index is 0.824. The first-order valence-electron chi connectivity index (χ1n) is 4.84. The van der Waals surface area contributed by atoms with Gasteiger partial charge in [0.2, 0.25) is 0 Å². The van der Waals surface area contributed by atoms with Crippen LogP contribution < -0.4 is 0 Å². The molecule has 0 atom stereocenters. The zero-order valence-electron chi connectivity index (χ0n) is 8.53. The minimum absolute atomic E-state index is 0.824. The lowest BCUT2D eigenvalue weighted by molar-refractivity contribution is 0.664. The highest BCUT2D eigenvalue weighted by molar-refractivity contribution is 9.13. The third kappa shape index (κ3) is 1.95. The molecule has 0 bridgehead atoms. The number of benzene rings is 2. The van der Waals surface area contributed by atoms with E-state index >= 15 is 0 Å². The molecular weight excluding hydrogens is 560 g/mol. The standard InChI is InChI=1S/C12H3Br5O/c13-5-2-1-4-8-6(14)3-7(15)10(17)12(8)18-11(4)9(5)16/h1-3H. The Balaban J connectivity index is 2.63. The van der Waals surface area contributed by atoms with Gasteiger partial charge in [-0.2, -0.15) is 0 Å². The topological polar surface area (TPSA) is 13.1 Å². The molecule has 1 nitrogen and oxygen atoms in total. The van der Waals surface area contributed by atoms with Crippen molar-refractivity contribution in [3.8, 4) is 0 Å². The lowest BCUT2D eigenvalue weighted by Crippen LogP contribution is -1.75. The molecule has 1 aromatic heterocycles. The number of fused-ring (bicyclic) bond motifs is 3. The Bertz CT molecular complexity index is 790. The van der Waals surface area contributed by atoms with Gasteiger partial charge in [0.05, 0.1) is 8.95 Å². The molecule has 2 aromatic carbocycles. The Labute approximate surface area is 145 Å². The van der Waals surface area contributed by atoms with Crippen LogP contribution in [0.1, 0.15) is 0 Å². The quantitative estimate of drug-likeness (QED) is 0.260. The monoisotopic (exact) mass is 558 g/mol. The fourth-order valence-electron chi connectivity index (χ4n) is 1.85. The number of rotatable bonds is 0. The lowest BCUT2D eigenvalue weighted by atomic mass is 10.1. The normalized spacial score (nSPS) is 11.6. The second kappa shape index (κ2) is 4.88. The van der Waals surface area contributed by atoms with Crippen molar-refractivity contribution in [2.75, 3.05) is 0 Å². The van der Waals surface area contributed by atoms with Gasteiger partial charge in [0, 0.05) is 24.2 Å². The second-order valence-corrected chi connectivity index (χ2v) is 7.85. The van der Waals surface area contributed by atoms with Gasteiger partial charge in [-0.15, -0.1) is 0 Å². The van der Waals surface area contributed by atoms with Gasteiger partial charge in [-0.3, -0.25) is 0 Å². The molecule has 1 heterocycles. The largest absolute Gasteiger partial charge is 0.454 e. The average molecular weight is 563 g/mol. The molecule has 6 heteroatoms. The van der Waals surface area contributed by atoms with Crippen LogP contribution in [0.25, 0.3) is 21.9 Å². The van der Waals surface area contributed by atoms with Gasteiger partial charge in [0.1, 0.15) is 0 Å². The Morgan fingerprint density at radius 3 is 2.11 bits per heavy atom. The molecule has 3 rings (SSSR count). The first-order valence-corrected chi connectivity index (χ1v) is 8.81. The van der Waals surface area contributed by atoms with E-state index in [1.165, 1.54) is 0 Å². The summed E-state index contributed by atoms with van der Waals surface area (Å²) in [6.45, 7) is 0. The molecule has 0 aliphatic heterocycles.